The summed E-state index contributed by atoms with van der Waals surface area (Å²) >= 11 is 3.47. The quantitative estimate of drug-likeness (QED) is 0.775. The molecule has 3 nitrogen and oxygen atoms in total. The SMILES string of the molecule is O=C(C=Cc1ccccc1Br)NCc1ccc(N2CCCC2)cc1. The van der Waals surface area contributed by atoms with Crippen LogP contribution in [-0.2, 0) is 11.3 Å². The second kappa shape index (κ2) is 8.15. The smallest absolute Gasteiger partial charge is 0.244 e. The highest BCUT2D eigenvalue weighted by molar-refractivity contribution is 9.10. The number of nitrogens with one attached hydrogen (secondary N) is 1. The Morgan fingerprint density at radius 2 is 1.79 bits per heavy atom. The molecule has 0 spiro atoms. The highest BCUT2D eigenvalue weighted by atomic mass is 79.9. The van der Waals surface area contributed by atoms with Crippen molar-refractivity contribution in [3.05, 3.63) is 70.2 Å². The average Bonchev–Trinajstić information content (AvgIpc) is 3.14. The molecule has 24 heavy (non-hydrogen) atoms. The van der Waals surface area contributed by atoms with E-state index in [2.05, 4.69) is 50.4 Å². The Hall–Kier alpha value is -2.07. The van der Waals surface area contributed by atoms with Gasteiger partial charge in [0.2, 0.25) is 5.91 Å². The number of benzene rings is 2. The van der Waals surface area contributed by atoms with Crippen LogP contribution in [0, 0.1) is 0 Å². The van der Waals surface area contributed by atoms with Gasteiger partial charge in [0.25, 0.3) is 0 Å². The maximum atomic E-state index is 12.0. The Morgan fingerprint density at radius 1 is 1.08 bits per heavy atom. The van der Waals surface area contributed by atoms with Gasteiger partial charge in [-0.15, -0.1) is 0 Å². The number of halogens is 1. The molecule has 0 aromatic heterocycles. The number of hydrogen-bond donors (Lipinski definition) is 1. The molecule has 2 aromatic rings. The summed E-state index contributed by atoms with van der Waals surface area (Å²) in [6.45, 7) is 2.84. The Labute approximate surface area is 151 Å². The zero-order valence-corrected chi connectivity index (χ0v) is 15.1. The van der Waals surface area contributed by atoms with Gasteiger partial charge < -0.3 is 10.2 Å². The lowest BCUT2D eigenvalue weighted by molar-refractivity contribution is -0.116. The van der Waals surface area contributed by atoms with E-state index in [0.29, 0.717) is 6.54 Å². The van der Waals surface area contributed by atoms with E-state index >= 15 is 0 Å². The molecule has 3 rings (SSSR count). The monoisotopic (exact) mass is 384 g/mol. The third-order valence-electron chi connectivity index (χ3n) is 4.19. The third-order valence-corrected chi connectivity index (χ3v) is 4.92. The van der Waals surface area contributed by atoms with E-state index in [4.69, 9.17) is 0 Å². The van der Waals surface area contributed by atoms with E-state index in [0.717, 1.165) is 28.7 Å². The first-order chi connectivity index (χ1) is 11.7. The van der Waals surface area contributed by atoms with E-state index in [1.165, 1.54) is 18.5 Å². The number of carbonyl (C=O) groups is 1. The highest BCUT2D eigenvalue weighted by Crippen LogP contribution is 2.20. The van der Waals surface area contributed by atoms with Gasteiger partial charge in [0.15, 0.2) is 0 Å². The normalized spacial score (nSPS) is 14.3. The Bertz CT molecular complexity index is 719. The van der Waals surface area contributed by atoms with Gasteiger partial charge in [-0.2, -0.15) is 0 Å². The van der Waals surface area contributed by atoms with Crippen LogP contribution in [0.5, 0.6) is 0 Å². The molecule has 2 aromatic carbocycles. The van der Waals surface area contributed by atoms with Crippen molar-refractivity contribution in [2.24, 2.45) is 0 Å². The number of carbonyl (C=O) groups excluding carboxylic acids is 1. The number of amides is 1. The van der Waals surface area contributed by atoms with Gasteiger partial charge in [0.1, 0.15) is 0 Å². The molecule has 1 amide bonds. The zero-order valence-electron chi connectivity index (χ0n) is 13.5. The maximum absolute atomic E-state index is 12.0. The number of anilines is 1. The molecule has 0 saturated carbocycles. The first-order valence-corrected chi connectivity index (χ1v) is 9.06. The number of rotatable bonds is 5. The first-order valence-electron chi connectivity index (χ1n) is 8.27. The Kier molecular flexibility index (Phi) is 5.70. The van der Waals surface area contributed by atoms with Crippen LogP contribution in [0.15, 0.2) is 59.1 Å². The number of hydrogen-bond acceptors (Lipinski definition) is 2. The predicted molar refractivity (Wildman–Crippen MR) is 103 cm³/mol. The second-order valence-corrected chi connectivity index (χ2v) is 6.79. The topological polar surface area (TPSA) is 32.3 Å². The van der Waals surface area contributed by atoms with Gasteiger partial charge in [-0.3, -0.25) is 4.79 Å². The fourth-order valence-electron chi connectivity index (χ4n) is 2.82. The minimum atomic E-state index is -0.0885. The fourth-order valence-corrected chi connectivity index (χ4v) is 3.24. The van der Waals surface area contributed by atoms with Crippen molar-refractivity contribution in [3.63, 3.8) is 0 Å². The largest absolute Gasteiger partial charge is 0.372 e. The summed E-state index contributed by atoms with van der Waals surface area (Å²) in [5.41, 5.74) is 3.37. The molecule has 124 valence electrons. The van der Waals surface area contributed by atoms with Crippen LogP contribution in [0.1, 0.15) is 24.0 Å². The Balaban J connectivity index is 1.51. The number of nitrogens with zero attached hydrogens (tertiary/aromatic N) is 1. The zero-order chi connectivity index (χ0) is 16.8. The fraction of sp³-hybridized carbons (Fsp3) is 0.250. The summed E-state index contributed by atoms with van der Waals surface area (Å²) in [5, 5.41) is 2.92. The summed E-state index contributed by atoms with van der Waals surface area (Å²) in [6, 6.07) is 16.3. The summed E-state index contributed by atoms with van der Waals surface area (Å²) in [7, 11) is 0. The van der Waals surface area contributed by atoms with Crippen molar-refractivity contribution in [2.75, 3.05) is 18.0 Å². The van der Waals surface area contributed by atoms with E-state index in [1.54, 1.807) is 6.08 Å². The van der Waals surface area contributed by atoms with Gasteiger partial charge in [0.05, 0.1) is 0 Å². The average molecular weight is 385 g/mol. The summed E-state index contributed by atoms with van der Waals surface area (Å²) < 4.78 is 0.978. The van der Waals surface area contributed by atoms with Crippen LogP contribution >= 0.6 is 15.9 Å². The lowest BCUT2D eigenvalue weighted by Gasteiger charge is -2.17. The predicted octanol–water partition coefficient (Wildman–Crippen LogP) is 4.38. The molecule has 0 atom stereocenters. The van der Waals surface area contributed by atoms with Crippen molar-refractivity contribution in [1.82, 2.24) is 5.32 Å². The van der Waals surface area contributed by atoms with Crippen molar-refractivity contribution < 1.29 is 4.79 Å². The first kappa shape index (κ1) is 16.8. The van der Waals surface area contributed by atoms with Crippen LogP contribution in [0.25, 0.3) is 6.08 Å². The third kappa shape index (κ3) is 4.48. The van der Waals surface area contributed by atoms with Crippen LogP contribution in [-0.4, -0.2) is 19.0 Å². The van der Waals surface area contributed by atoms with Crippen LogP contribution in [0.2, 0.25) is 0 Å². The molecule has 1 fully saturated rings. The van der Waals surface area contributed by atoms with Gasteiger partial charge >= 0.3 is 0 Å². The minimum absolute atomic E-state index is 0.0885. The van der Waals surface area contributed by atoms with E-state index in [1.807, 2.05) is 30.3 Å². The second-order valence-electron chi connectivity index (χ2n) is 5.93. The van der Waals surface area contributed by atoms with Crippen molar-refractivity contribution in [2.45, 2.75) is 19.4 Å². The molecular weight excluding hydrogens is 364 g/mol. The minimum Gasteiger partial charge on any atom is -0.372 e. The molecule has 1 saturated heterocycles. The Morgan fingerprint density at radius 3 is 2.50 bits per heavy atom. The molecule has 0 bridgehead atoms. The maximum Gasteiger partial charge on any atom is 0.244 e. The lowest BCUT2D eigenvalue weighted by Crippen LogP contribution is -2.20. The molecule has 4 heteroatoms. The summed E-state index contributed by atoms with van der Waals surface area (Å²) in [5.74, 6) is -0.0885. The van der Waals surface area contributed by atoms with Crippen LogP contribution < -0.4 is 10.2 Å². The van der Waals surface area contributed by atoms with Crippen molar-refractivity contribution >= 4 is 33.6 Å². The molecule has 1 aliphatic rings. The van der Waals surface area contributed by atoms with E-state index < -0.39 is 0 Å². The molecule has 0 radical (unpaired) electrons. The summed E-state index contributed by atoms with van der Waals surface area (Å²) in [6.07, 6.45) is 5.94. The lowest BCUT2D eigenvalue weighted by atomic mass is 10.2. The van der Waals surface area contributed by atoms with Crippen LogP contribution in [0.3, 0.4) is 0 Å². The van der Waals surface area contributed by atoms with E-state index in [9.17, 15) is 4.79 Å². The molecule has 1 heterocycles. The highest BCUT2D eigenvalue weighted by Gasteiger charge is 2.11. The molecule has 0 unspecified atom stereocenters. The van der Waals surface area contributed by atoms with Crippen molar-refractivity contribution in [1.29, 1.82) is 0 Å². The summed E-state index contributed by atoms with van der Waals surface area (Å²) in [4.78, 5) is 14.4. The van der Waals surface area contributed by atoms with Crippen molar-refractivity contribution in [3.8, 4) is 0 Å². The van der Waals surface area contributed by atoms with Crippen LogP contribution in [0.4, 0.5) is 5.69 Å². The molecule has 1 N–H and O–H groups in total. The van der Waals surface area contributed by atoms with Gasteiger partial charge in [-0.25, -0.2) is 0 Å². The standard InChI is InChI=1S/C20H21BrN2O/c21-19-6-2-1-5-17(19)9-12-20(24)22-15-16-7-10-18(11-8-16)23-13-3-4-14-23/h1-2,5-12H,3-4,13-15H2,(H,22,24). The molecule has 0 aliphatic carbocycles. The molecular formula is C20H21BrN2O. The van der Waals surface area contributed by atoms with E-state index in [-0.39, 0.29) is 5.91 Å². The van der Waals surface area contributed by atoms with Gasteiger partial charge in [0, 0.05) is 35.9 Å². The molecule has 1 aliphatic heterocycles. The van der Waals surface area contributed by atoms with Gasteiger partial charge in [-0.1, -0.05) is 46.3 Å². The van der Waals surface area contributed by atoms with Gasteiger partial charge in [-0.05, 0) is 48.2 Å².